The SMILES string of the molecule is Cn1cc(CN)c(N2CC3(CCCC3)C2)n1. The highest BCUT2D eigenvalue weighted by atomic mass is 15.4. The molecule has 1 aromatic heterocycles. The van der Waals surface area contributed by atoms with Crippen LogP contribution >= 0.6 is 0 Å². The van der Waals surface area contributed by atoms with Gasteiger partial charge < -0.3 is 10.6 Å². The first kappa shape index (κ1) is 10.1. The molecule has 1 saturated carbocycles. The summed E-state index contributed by atoms with van der Waals surface area (Å²) in [4.78, 5) is 2.40. The van der Waals surface area contributed by atoms with Crippen molar-refractivity contribution in [2.45, 2.75) is 32.2 Å². The molecule has 0 amide bonds. The Morgan fingerprint density at radius 2 is 2.06 bits per heavy atom. The summed E-state index contributed by atoms with van der Waals surface area (Å²) in [6.07, 6.45) is 7.69. The summed E-state index contributed by atoms with van der Waals surface area (Å²) in [5.41, 5.74) is 7.55. The highest BCUT2D eigenvalue weighted by molar-refractivity contribution is 5.49. The average Bonchev–Trinajstić information content (AvgIpc) is 2.80. The van der Waals surface area contributed by atoms with Gasteiger partial charge in [0.15, 0.2) is 5.82 Å². The highest BCUT2D eigenvalue weighted by Crippen LogP contribution is 2.46. The van der Waals surface area contributed by atoms with Crippen LogP contribution in [0.4, 0.5) is 5.82 Å². The Balaban J connectivity index is 1.75. The predicted octanol–water partition coefficient (Wildman–Crippen LogP) is 1.26. The molecule has 4 nitrogen and oxygen atoms in total. The van der Waals surface area contributed by atoms with Gasteiger partial charge >= 0.3 is 0 Å². The number of aromatic nitrogens is 2. The summed E-state index contributed by atoms with van der Waals surface area (Å²) >= 11 is 0. The molecule has 1 spiro atoms. The molecule has 1 saturated heterocycles. The molecule has 88 valence electrons. The summed E-state index contributed by atoms with van der Waals surface area (Å²) < 4.78 is 1.87. The van der Waals surface area contributed by atoms with E-state index in [1.54, 1.807) is 0 Å². The molecule has 4 heteroatoms. The van der Waals surface area contributed by atoms with E-state index in [1.165, 1.54) is 44.3 Å². The van der Waals surface area contributed by atoms with Crippen molar-refractivity contribution in [1.82, 2.24) is 9.78 Å². The summed E-state index contributed by atoms with van der Waals surface area (Å²) in [5, 5.41) is 4.52. The van der Waals surface area contributed by atoms with Crippen molar-refractivity contribution in [3.05, 3.63) is 11.8 Å². The Kier molecular flexibility index (Phi) is 2.21. The zero-order chi connectivity index (χ0) is 11.2. The van der Waals surface area contributed by atoms with Gasteiger partial charge in [0.25, 0.3) is 0 Å². The zero-order valence-electron chi connectivity index (χ0n) is 9.95. The second kappa shape index (κ2) is 3.48. The van der Waals surface area contributed by atoms with Gasteiger partial charge in [-0.1, -0.05) is 12.8 Å². The van der Waals surface area contributed by atoms with Crippen LogP contribution in [0.1, 0.15) is 31.2 Å². The molecule has 1 aromatic rings. The first-order valence-corrected chi connectivity index (χ1v) is 6.20. The largest absolute Gasteiger partial charge is 0.354 e. The number of hydrogen-bond acceptors (Lipinski definition) is 3. The van der Waals surface area contributed by atoms with E-state index in [0.717, 1.165) is 5.82 Å². The molecule has 0 radical (unpaired) electrons. The highest BCUT2D eigenvalue weighted by Gasteiger charge is 2.45. The molecule has 2 fully saturated rings. The van der Waals surface area contributed by atoms with E-state index in [0.29, 0.717) is 12.0 Å². The third-order valence-electron chi connectivity index (χ3n) is 4.12. The molecule has 16 heavy (non-hydrogen) atoms. The van der Waals surface area contributed by atoms with Gasteiger partial charge in [-0.2, -0.15) is 5.10 Å². The molecule has 3 rings (SSSR count). The van der Waals surface area contributed by atoms with E-state index in [4.69, 9.17) is 5.73 Å². The van der Waals surface area contributed by atoms with E-state index < -0.39 is 0 Å². The molecular formula is C12H20N4. The molecule has 0 aromatic carbocycles. The van der Waals surface area contributed by atoms with Crippen molar-refractivity contribution < 1.29 is 0 Å². The molecular weight excluding hydrogens is 200 g/mol. The van der Waals surface area contributed by atoms with Gasteiger partial charge in [0, 0.05) is 43.9 Å². The van der Waals surface area contributed by atoms with Crippen molar-refractivity contribution >= 4 is 5.82 Å². The van der Waals surface area contributed by atoms with Crippen LogP contribution in [-0.4, -0.2) is 22.9 Å². The molecule has 1 aliphatic carbocycles. The topological polar surface area (TPSA) is 47.1 Å². The van der Waals surface area contributed by atoms with Gasteiger partial charge in [-0.05, 0) is 12.8 Å². The Bertz CT molecular complexity index is 382. The van der Waals surface area contributed by atoms with Crippen molar-refractivity contribution in [3.63, 3.8) is 0 Å². The summed E-state index contributed by atoms with van der Waals surface area (Å²) in [7, 11) is 1.97. The minimum absolute atomic E-state index is 0.590. The van der Waals surface area contributed by atoms with Crippen LogP contribution in [0.25, 0.3) is 0 Å². The minimum atomic E-state index is 0.590. The van der Waals surface area contributed by atoms with Crippen molar-refractivity contribution in [3.8, 4) is 0 Å². The number of anilines is 1. The fourth-order valence-corrected chi connectivity index (χ4v) is 3.29. The molecule has 2 aliphatic rings. The molecule has 0 unspecified atom stereocenters. The smallest absolute Gasteiger partial charge is 0.155 e. The third-order valence-corrected chi connectivity index (χ3v) is 4.12. The average molecular weight is 220 g/mol. The van der Waals surface area contributed by atoms with E-state index >= 15 is 0 Å². The normalized spacial score (nSPS) is 22.8. The standard InChI is InChI=1S/C12H20N4/c1-15-7-10(6-13)11(14-15)16-8-12(9-16)4-2-3-5-12/h7H,2-6,8-9,13H2,1H3. The number of aryl methyl sites for hydroxylation is 1. The van der Waals surface area contributed by atoms with E-state index in [9.17, 15) is 0 Å². The van der Waals surface area contributed by atoms with Gasteiger partial charge in [-0.15, -0.1) is 0 Å². The number of rotatable bonds is 2. The second-order valence-electron chi connectivity index (χ2n) is 5.42. The number of nitrogens with zero attached hydrogens (tertiary/aromatic N) is 3. The van der Waals surface area contributed by atoms with E-state index in [-0.39, 0.29) is 0 Å². The molecule has 1 aliphatic heterocycles. The Morgan fingerprint density at radius 1 is 1.38 bits per heavy atom. The molecule has 2 N–H and O–H groups in total. The first-order valence-electron chi connectivity index (χ1n) is 6.20. The minimum Gasteiger partial charge on any atom is -0.354 e. The lowest BCUT2D eigenvalue weighted by atomic mass is 9.78. The summed E-state index contributed by atoms with van der Waals surface area (Å²) in [6.45, 7) is 2.97. The monoisotopic (exact) mass is 220 g/mol. The lowest BCUT2D eigenvalue weighted by molar-refractivity contribution is 0.220. The van der Waals surface area contributed by atoms with Crippen LogP contribution in [0.5, 0.6) is 0 Å². The first-order chi connectivity index (χ1) is 7.72. The van der Waals surface area contributed by atoms with Gasteiger partial charge in [-0.25, -0.2) is 0 Å². The zero-order valence-corrected chi connectivity index (χ0v) is 9.95. The lowest BCUT2D eigenvalue weighted by Gasteiger charge is -2.49. The van der Waals surface area contributed by atoms with Crippen molar-refractivity contribution in [2.75, 3.05) is 18.0 Å². The van der Waals surface area contributed by atoms with Crippen LogP contribution < -0.4 is 10.6 Å². The lowest BCUT2D eigenvalue weighted by Crippen LogP contribution is -2.55. The number of hydrogen-bond donors (Lipinski definition) is 1. The molecule has 0 atom stereocenters. The van der Waals surface area contributed by atoms with Crippen molar-refractivity contribution in [1.29, 1.82) is 0 Å². The number of nitrogens with two attached hydrogens (primary N) is 1. The van der Waals surface area contributed by atoms with Crippen molar-refractivity contribution in [2.24, 2.45) is 18.2 Å². The maximum atomic E-state index is 5.75. The van der Waals surface area contributed by atoms with Crippen LogP contribution in [0.15, 0.2) is 6.20 Å². The Labute approximate surface area is 96.4 Å². The molecule has 0 bridgehead atoms. The summed E-state index contributed by atoms with van der Waals surface area (Å²) in [6, 6.07) is 0. The predicted molar refractivity (Wildman–Crippen MR) is 64.2 cm³/mol. The van der Waals surface area contributed by atoms with Gasteiger partial charge in [0.1, 0.15) is 0 Å². The summed E-state index contributed by atoms with van der Waals surface area (Å²) in [5.74, 6) is 1.11. The quantitative estimate of drug-likeness (QED) is 0.816. The van der Waals surface area contributed by atoms with Gasteiger partial charge in [0.2, 0.25) is 0 Å². The van der Waals surface area contributed by atoms with E-state index in [1.807, 2.05) is 17.9 Å². The second-order valence-corrected chi connectivity index (χ2v) is 5.42. The van der Waals surface area contributed by atoms with Crippen LogP contribution in [0.3, 0.4) is 0 Å². The third kappa shape index (κ3) is 1.44. The van der Waals surface area contributed by atoms with E-state index in [2.05, 4.69) is 10.00 Å². The van der Waals surface area contributed by atoms with Crippen LogP contribution in [-0.2, 0) is 13.6 Å². The molecule has 2 heterocycles. The maximum Gasteiger partial charge on any atom is 0.155 e. The fourth-order valence-electron chi connectivity index (χ4n) is 3.29. The van der Waals surface area contributed by atoms with Crippen LogP contribution in [0.2, 0.25) is 0 Å². The Morgan fingerprint density at radius 3 is 2.69 bits per heavy atom. The fraction of sp³-hybridized carbons (Fsp3) is 0.750. The van der Waals surface area contributed by atoms with Gasteiger partial charge in [-0.3, -0.25) is 4.68 Å². The van der Waals surface area contributed by atoms with Gasteiger partial charge in [0.05, 0.1) is 0 Å². The maximum absolute atomic E-state index is 5.75. The Hall–Kier alpha value is -1.03. The van der Waals surface area contributed by atoms with Crippen LogP contribution in [0, 0.1) is 5.41 Å².